The van der Waals surface area contributed by atoms with Crippen molar-refractivity contribution in [3.63, 3.8) is 0 Å². The first-order valence-electron chi connectivity index (χ1n) is 3.45. The Kier molecular flexibility index (Phi) is 2.35. The van der Waals surface area contributed by atoms with Crippen LogP contribution in [0.5, 0.6) is 0 Å². The third kappa shape index (κ3) is 1.79. The van der Waals surface area contributed by atoms with Crippen LogP contribution in [0.4, 0.5) is 0 Å². The highest BCUT2D eigenvalue weighted by molar-refractivity contribution is 7.65. The van der Waals surface area contributed by atoms with Crippen molar-refractivity contribution in [2.24, 2.45) is 0 Å². The molecule has 0 atom stereocenters. The van der Waals surface area contributed by atoms with Gasteiger partial charge in [-0.25, -0.2) is 0 Å². The molecule has 0 radical (unpaired) electrons. The highest BCUT2D eigenvalue weighted by atomic mass is 31.2. The number of hydrogen-bond donors (Lipinski definition) is 0. The minimum Gasteiger partial charge on any atom is -0.178 e. The summed E-state index contributed by atoms with van der Waals surface area (Å²) in [5.74, 6) is 1.88. The summed E-state index contributed by atoms with van der Waals surface area (Å²) in [6.07, 6.45) is 1.97. The third-order valence-corrected chi connectivity index (χ3v) is 3.79. The van der Waals surface area contributed by atoms with Gasteiger partial charge in [-0.3, -0.25) is 0 Å². The third-order valence-electron chi connectivity index (χ3n) is 1.53. The van der Waals surface area contributed by atoms with Gasteiger partial charge < -0.3 is 0 Å². The molecule has 0 aromatic heterocycles. The van der Waals surface area contributed by atoms with E-state index < -0.39 is 7.94 Å². The van der Waals surface area contributed by atoms with Gasteiger partial charge in [0.2, 0.25) is 0 Å². The Morgan fingerprint density at radius 2 is 1.82 bits per heavy atom. The molecule has 0 saturated heterocycles. The fourth-order valence-electron chi connectivity index (χ4n) is 0.930. The van der Waals surface area contributed by atoms with Gasteiger partial charge in [-0.1, -0.05) is 0 Å². The lowest BCUT2D eigenvalue weighted by atomic mass is 10.1. The zero-order valence-corrected chi connectivity index (χ0v) is 8.22. The van der Waals surface area contributed by atoms with Crippen LogP contribution in [0, 0.1) is 0 Å². The molecule has 1 rings (SSSR count). The fourth-order valence-corrected chi connectivity index (χ4v) is 2.79. The Balaban J connectivity index is 2.73. The van der Waals surface area contributed by atoms with E-state index in [4.69, 9.17) is 13.6 Å². The monoisotopic (exact) mass is 177 g/mol. The first kappa shape index (κ1) is 9.14. The Hall–Kier alpha value is 0.0500. The molecular weight excluding hydrogens is 163 g/mol. The van der Waals surface area contributed by atoms with Crippen LogP contribution in [-0.2, 0) is 13.6 Å². The molecule has 0 aromatic carbocycles. The molecule has 0 unspecified atom stereocenters. The summed E-state index contributed by atoms with van der Waals surface area (Å²) in [6, 6.07) is 0. The van der Waals surface area contributed by atoms with Gasteiger partial charge in [0.15, 0.2) is 0 Å². The first-order valence-corrected chi connectivity index (χ1v) is 5.06. The molecule has 0 aliphatic carbocycles. The van der Waals surface area contributed by atoms with E-state index in [1.807, 2.05) is 25.7 Å². The normalized spacial score (nSPS) is 25.8. The molecule has 0 bridgehead atoms. The molecule has 0 fully saturated rings. The van der Waals surface area contributed by atoms with Crippen LogP contribution in [0.15, 0.2) is 11.9 Å². The molecule has 64 valence electrons. The maximum Gasteiger partial charge on any atom is 0.441 e. The van der Waals surface area contributed by atoms with E-state index in [-0.39, 0.29) is 5.60 Å². The van der Waals surface area contributed by atoms with Crippen molar-refractivity contribution in [3.05, 3.63) is 11.9 Å². The van der Waals surface area contributed by atoms with Crippen LogP contribution < -0.4 is 0 Å². The van der Waals surface area contributed by atoms with Crippen LogP contribution in [0.25, 0.3) is 0 Å². The predicted molar refractivity (Wildman–Crippen MR) is 45.2 cm³/mol. The average Bonchev–Trinajstić information content (AvgIpc) is 2.28. The summed E-state index contributed by atoms with van der Waals surface area (Å²) in [4.78, 5) is 0. The molecule has 0 spiro atoms. The van der Waals surface area contributed by atoms with Crippen molar-refractivity contribution in [1.29, 1.82) is 0 Å². The Morgan fingerprint density at radius 3 is 2.00 bits per heavy atom. The summed E-state index contributed by atoms with van der Waals surface area (Å²) in [5.41, 5.74) is -0.250. The highest BCUT2D eigenvalue weighted by Gasteiger charge is 2.51. The second kappa shape index (κ2) is 2.83. The second-order valence-corrected chi connectivity index (χ2v) is 5.21. The van der Waals surface area contributed by atoms with Crippen LogP contribution in [0.2, 0.25) is 0 Å². The SMILES string of the molecule is CO[P+]1(OC)C=CC(C)(C)O1. The van der Waals surface area contributed by atoms with Crippen LogP contribution in [0.3, 0.4) is 0 Å². The maximum absolute atomic E-state index is 5.59. The van der Waals surface area contributed by atoms with E-state index in [0.717, 1.165) is 0 Å². The summed E-state index contributed by atoms with van der Waals surface area (Å²) < 4.78 is 15.9. The van der Waals surface area contributed by atoms with E-state index in [1.54, 1.807) is 14.2 Å². The van der Waals surface area contributed by atoms with E-state index >= 15 is 0 Å². The van der Waals surface area contributed by atoms with Gasteiger partial charge in [0, 0.05) is 0 Å². The maximum atomic E-state index is 5.59. The average molecular weight is 177 g/mol. The van der Waals surface area contributed by atoms with Crippen molar-refractivity contribution < 1.29 is 13.6 Å². The van der Waals surface area contributed by atoms with Crippen molar-refractivity contribution in [2.45, 2.75) is 19.4 Å². The largest absolute Gasteiger partial charge is 0.441 e. The molecule has 1 heterocycles. The minimum absolute atomic E-state index is 0.250. The summed E-state index contributed by atoms with van der Waals surface area (Å²) in [5, 5.41) is 0. The van der Waals surface area contributed by atoms with E-state index in [1.165, 1.54) is 0 Å². The molecule has 11 heavy (non-hydrogen) atoms. The van der Waals surface area contributed by atoms with Crippen LogP contribution >= 0.6 is 7.94 Å². The predicted octanol–water partition coefficient (Wildman–Crippen LogP) is 2.36. The molecule has 0 N–H and O–H groups in total. The van der Waals surface area contributed by atoms with Gasteiger partial charge in [-0.15, -0.1) is 0 Å². The minimum atomic E-state index is -2.11. The quantitative estimate of drug-likeness (QED) is 0.606. The fraction of sp³-hybridized carbons (Fsp3) is 0.714. The van der Waals surface area contributed by atoms with Gasteiger partial charge in [-0.2, -0.15) is 13.6 Å². The lowest BCUT2D eigenvalue weighted by molar-refractivity contribution is 0.115. The van der Waals surface area contributed by atoms with E-state index in [0.29, 0.717) is 0 Å². The van der Waals surface area contributed by atoms with Crippen molar-refractivity contribution in [1.82, 2.24) is 0 Å². The molecular formula is C7H14O3P+. The Morgan fingerprint density at radius 1 is 1.27 bits per heavy atom. The molecule has 0 aromatic rings. The summed E-state index contributed by atoms with van der Waals surface area (Å²) in [6.45, 7) is 3.95. The lowest BCUT2D eigenvalue weighted by Gasteiger charge is -2.16. The highest BCUT2D eigenvalue weighted by Crippen LogP contribution is 2.68. The van der Waals surface area contributed by atoms with Gasteiger partial charge in [0.25, 0.3) is 0 Å². The summed E-state index contributed by atoms with van der Waals surface area (Å²) in [7, 11) is 1.09. The topological polar surface area (TPSA) is 27.7 Å². The molecule has 3 nitrogen and oxygen atoms in total. The summed E-state index contributed by atoms with van der Waals surface area (Å²) >= 11 is 0. The molecule has 0 saturated carbocycles. The Bertz CT molecular complexity index is 173. The zero-order valence-electron chi connectivity index (χ0n) is 7.33. The molecule has 4 heteroatoms. The van der Waals surface area contributed by atoms with Crippen molar-refractivity contribution >= 4 is 7.94 Å². The van der Waals surface area contributed by atoms with Crippen molar-refractivity contribution in [2.75, 3.05) is 14.2 Å². The Labute approximate surface area is 67.9 Å². The first-order chi connectivity index (χ1) is 5.04. The molecule has 1 aliphatic rings. The smallest absolute Gasteiger partial charge is 0.178 e. The number of rotatable bonds is 2. The van der Waals surface area contributed by atoms with E-state index in [2.05, 4.69) is 0 Å². The lowest BCUT2D eigenvalue weighted by Crippen LogP contribution is -2.16. The molecule has 1 aliphatic heterocycles. The van der Waals surface area contributed by atoms with Gasteiger partial charge in [0.05, 0.1) is 14.2 Å². The van der Waals surface area contributed by atoms with Gasteiger partial charge >= 0.3 is 7.94 Å². The number of hydrogen-bond acceptors (Lipinski definition) is 3. The zero-order chi connectivity index (χ0) is 8.54. The van der Waals surface area contributed by atoms with Crippen LogP contribution in [-0.4, -0.2) is 19.8 Å². The molecule has 0 amide bonds. The van der Waals surface area contributed by atoms with Gasteiger partial charge in [-0.05, 0) is 19.9 Å². The van der Waals surface area contributed by atoms with Gasteiger partial charge in [0.1, 0.15) is 11.4 Å². The van der Waals surface area contributed by atoms with E-state index in [9.17, 15) is 0 Å². The standard InChI is InChI=1S/C7H14O3P/c1-7(2)5-6-11(8-3,9-4)10-7/h5-6H,1-4H3/q+1. The second-order valence-electron chi connectivity index (χ2n) is 2.92. The van der Waals surface area contributed by atoms with Crippen LogP contribution in [0.1, 0.15) is 13.8 Å². The van der Waals surface area contributed by atoms with Crippen molar-refractivity contribution in [3.8, 4) is 0 Å².